The van der Waals surface area contributed by atoms with Crippen LogP contribution in [0.3, 0.4) is 0 Å². The summed E-state index contributed by atoms with van der Waals surface area (Å²) in [5.74, 6) is -2.73. The number of carbonyl (C=O) groups is 3. The predicted molar refractivity (Wildman–Crippen MR) is 188 cm³/mol. The van der Waals surface area contributed by atoms with Crippen LogP contribution in [0.1, 0.15) is 227 Å². The van der Waals surface area contributed by atoms with E-state index in [1.54, 1.807) is 13.8 Å². The van der Waals surface area contributed by atoms with Gasteiger partial charge in [0.15, 0.2) is 0 Å². The first-order valence-corrected chi connectivity index (χ1v) is 19.3. The van der Waals surface area contributed by atoms with Crippen LogP contribution in [-0.2, 0) is 36.1 Å². The van der Waals surface area contributed by atoms with Crippen molar-refractivity contribution in [2.24, 2.45) is 0 Å². The number of aliphatic hydroxyl groups is 1. The van der Waals surface area contributed by atoms with Crippen molar-refractivity contribution in [3.8, 4) is 0 Å². The van der Waals surface area contributed by atoms with Crippen LogP contribution in [0.15, 0.2) is 0 Å². The summed E-state index contributed by atoms with van der Waals surface area (Å²) in [6.07, 6.45) is 33.3. The molecule has 0 unspecified atom stereocenters. The maximum atomic E-state index is 10.1. The molecule has 0 amide bonds. The van der Waals surface area contributed by atoms with Crippen molar-refractivity contribution in [3.05, 3.63) is 0 Å². The van der Waals surface area contributed by atoms with Gasteiger partial charge in [0.1, 0.15) is 0 Å². The van der Waals surface area contributed by atoms with Gasteiger partial charge in [0.2, 0.25) is 0 Å². The van der Waals surface area contributed by atoms with Crippen LogP contribution >= 0.6 is 0 Å². The van der Waals surface area contributed by atoms with Gasteiger partial charge in [-0.15, -0.1) is 0 Å². The number of carboxylic acid groups (broad SMARTS) is 3. The smallest absolute Gasteiger partial charge is 0.550 e. The Morgan fingerprint density at radius 2 is 0.511 bits per heavy atom. The average Bonchev–Trinajstić information content (AvgIpc) is 2.98. The van der Waals surface area contributed by atoms with Gasteiger partial charge in [-0.25, -0.2) is 0 Å². The zero-order valence-electron chi connectivity index (χ0n) is 31.7. The molecule has 7 nitrogen and oxygen atoms in total. The molecule has 8 heteroatoms. The van der Waals surface area contributed by atoms with Crippen LogP contribution in [0.4, 0.5) is 0 Å². The molecule has 0 saturated heterocycles. The van der Waals surface area contributed by atoms with Gasteiger partial charge < -0.3 is 34.8 Å². The Kier molecular flexibility index (Phi) is 61.3. The largest absolute Gasteiger partial charge is 3.00 e. The van der Waals surface area contributed by atoms with E-state index in [9.17, 15) is 29.7 Å². The van der Waals surface area contributed by atoms with Crippen molar-refractivity contribution in [3.63, 3.8) is 0 Å². The Labute approximate surface area is 306 Å². The standard InChI is InChI=1S/3C12H24O2.C3H8O.Ti/c3*1-2-3-4-5-6-7-8-9-10-11-12(13)14;1-3(2)4;/h3*2-11H2,1H3,(H,13,14);3-4H,1-2H3;/q;;;;+3/p-3. The molecule has 0 aromatic heterocycles. The number of aliphatic hydroxyl groups excluding tert-OH is 1. The second kappa shape index (κ2) is 51.9. The molecular weight excluding hydrogens is 628 g/mol. The Bertz CT molecular complexity index is 521. The fourth-order valence-corrected chi connectivity index (χ4v) is 4.74. The molecule has 0 aliphatic carbocycles. The summed E-state index contributed by atoms with van der Waals surface area (Å²) in [5.41, 5.74) is 0. The van der Waals surface area contributed by atoms with Gasteiger partial charge in [-0.3, -0.25) is 0 Å². The summed E-state index contributed by atoms with van der Waals surface area (Å²) in [6, 6.07) is 0. The van der Waals surface area contributed by atoms with Gasteiger partial charge in [0.25, 0.3) is 0 Å². The molecule has 1 radical (unpaired) electrons. The molecule has 0 aromatic rings. The number of carboxylic acids is 3. The summed E-state index contributed by atoms with van der Waals surface area (Å²) in [4.78, 5) is 30.3. The molecule has 0 rings (SSSR count). The summed E-state index contributed by atoms with van der Waals surface area (Å²) < 4.78 is 0. The van der Waals surface area contributed by atoms with Crippen molar-refractivity contribution in [2.75, 3.05) is 0 Å². The molecule has 0 aliphatic rings. The first kappa shape index (κ1) is 55.5. The minimum atomic E-state index is -0.909. The first-order chi connectivity index (χ1) is 22.0. The Morgan fingerprint density at radius 3 is 0.638 bits per heavy atom. The van der Waals surface area contributed by atoms with E-state index in [1.165, 1.54) is 135 Å². The zero-order chi connectivity index (χ0) is 35.5. The summed E-state index contributed by atoms with van der Waals surface area (Å²) in [6.45, 7) is 10.1. The van der Waals surface area contributed by atoms with Gasteiger partial charge in [0, 0.05) is 24.0 Å². The van der Waals surface area contributed by atoms with E-state index < -0.39 is 17.9 Å². The normalized spacial score (nSPS) is 10.0. The van der Waals surface area contributed by atoms with Crippen molar-refractivity contribution in [1.29, 1.82) is 0 Å². The quantitative estimate of drug-likeness (QED) is 0.0585. The molecule has 0 aromatic carbocycles. The monoisotopic (exact) mass is 706 g/mol. The van der Waals surface area contributed by atoms with Crippen LogP contribution in [0.2, 0.25) is 0 Å². The second-order valence-electron chi connectivity index (χ2n) is 12.9. The van der Waals surface area contributed by atoms with E-state index in [2.05, 4.69) is 20.8 Å². The third-order valence-electron chi connectivity index (χ3n) is 7.45. The van der Waals surface area contributed by atoms with Crippen LogP contribution in [0, 0.1) is 0 Å². The van der Waals surface area contributed by atoms with Crippen LogP contribution in [0.5, 0.6) is 0 Å². The average molecular weight is 706 g/mol. The minimum Gasteiger partial charge on any atom is -0.550 e. The first-order valence-electron chi connectivity index (χ1n) is 19.3. The molecule has 0 atom stereocenters. The minimum absolute atomic E-state index is 0. The number of rotatable bonds is 30. The molecular formula is C39H77O7Ti. The van der Waals surface area contributed by atoms with Crippen molar-refractivity contribution < 1.29 is 56.5 Å². The van der Waals surface area contributed by atoms with Crippen molar-refractivity contribution in [2.45, 2.75) is 233 Å². The molecule has 0 heterocycles. The maximum absolute atomic E-state index is 10.1. The second-order valence-corrected chi connectivity index (χ2v) is 12.9. The van der Waals surface area contributed by atoms with Crippen LogP contribution < -0.4 is 15.3 Å². The van der Waals surface area contributed by atoms with Gasteiger partial charge in [-0.1, -0.05) is 175 Å². The van der Waals surface area contributed by atoms with Gasteiger partial charge >= 0.3 is 21.7 Å². The molecule has 47 heavy (non-hydrogen) atoms. The third-order valence-corrected chi connectivity index (χ3v) is 7.45. The van der Waals surface area contributed by atoms with E-state index in [-0.39, 0.29) is 47.1 Å². The molecule has 0 bridgehead atoms. The third kappa shape index (κ3) is 81.3. The maximum Gasteiger partial charge on any atom is 3.00 e. The van der Waals surface area contributed by atoms with Gasteiger partial charge in [0.05, 0.1) is 0 Å². The number of aliphatic carboxylic acids is 3. The summed E-state index contributed by atoms with van der Waals surface area (Å²) in [7, 11) is 0. The SMILES string of the molecule is CC(C)O.CCCCCCCCCCCC(=O)[O-].CCCCCCCCCCCC(=O)[O-].CCCCCCCCCCCC(=O)[O-].[Ti+3]. The molecule has 0 saturated carbocycles. The number of unbranched alkanes of at least 4 members (excludes halogenated alkanes) is 24. The van der Waals surface area contributed by atoms with Gasteiger partial charge in [-0.2, -0.15) is 0 Å². The van der Waals surface area contributed by atoms with Crippen LogP contribution in [0.25, 0.3) is 0 Å². The van der Waals surface area contributed by atoms with Crippen LogP contribution in [-0.4, -0.2) is 29.1 Å². The topological polar surface area (TPSA) is 141 Å². The van der Waals surface area contributed by atoms with E-state index in [0.29, 0.717) is 0 Å². The summed E-state index contributed by atoms with van der Waals surface area (Å²) in [5, 5.41) is 38.3. The van der Waals surface area contributed by atoms with Crippen molar-refractivity contribution >= 4 is 17.9 Å². The fraction of sp³-hybridized carbons (Fsp3) is 0.923. The van der Waals surface area contributed by atoms with E-state index in [0.717, 1.165) is 38.5 Å². The van der Waals surface area contributed by atoms with E-state index in [1.807, 2.05) is 0 Å². The van der Waals surface area contributed by atoms with E-state index >= 15 is 0 Å². The number of carbonyl (C=O) groups excluding carboxylic acids is 3. The predicted octanol–water partition coefficient (Wildman–Crippen LogP) is 8.36. The molecule has 0 fully saturated rings. The van der Waals surface area contributed by atoms with Gasteiger partial charge in [-0.05, 0) is 52.4 Å². The zero-order valence-corrected chi connectivity index (χ0v) is 33.2. The fourth-order valence-electron chi connectivity index (χ4n) is 4.74. The Hall–Kier alpha value is -0.916. The molecule has 279 valence electrons. The molecule has 0 aliphatic heterocycles. The van der Waals surface area contributed by atoms with Crippen molar-refractivity contribution in [1.82, 2.24) is 0 Å². The van der Waals surface area contributed by atoms with E-state index in [4.69, 9.17) is 5.11 Å². The number of hydrogen-bond donors (Lipinski definition) is 1. The number of hydrogen-bond acceptors (Lipinski definition) is 7. The molecule has 0 spiro atoms. The summed E-state index contributed by atoms with van der Waals surface area (Å²) >= 11 is 0. The Balaban J connectivity index is -0.000000175. The Morgan fingerprint density at radius 1 is 0.383 bits per heavy atom. The molecule has 1 N–H and O–H groups in total.